The van der Waals surface area contributed by atoms with Crippen LogP contribution >= 0.6 is 23.0 Å². The topological polar surface area (TPSA) is 175 Å². The highest BCUT2D eigenvalue weighted by molar-refractivity contribution is 14.1. The number of rotatable bonds is 13. The predicted molar refractivity (Wildman–Crippen MR) is 159 cm³/mol. The normalized spacial score (nSPS) is 17.9. The standard InChI is InChI=1S/C27H33BIN5O8/c1-17(2)13-21(28-40-23(36)15-27(42-28,26(39)41-29)14-22(35)30-3)34-24(37)19(10-9-18-7-5-4-6-8-18)33-25(38)20-16-31-11-12-32-20/h4-8,11-12,16-17,19,21H,9-10,13-15H2,1-3H3,(H,30,35)(H,33,38)(H,34,37)/t19-,21-,27+/m0/s1. The first-order chi connectivity index (χ1) is 20.1. The van der Waals surface area contributed by atoms with E-state index in [2.05, 4.69) is 25.9 Å². The fourth-order valence-electron chi connectivity index (χ4n) is 4.47. The number of nitrogens with zero attached hydrogens (tertiary/aromatic N) is 2. The smallest absolute Gasteiger partial charge is 0.508 e. The van der Waals surface area contributed by atoms with Crippen LogP contribution in [0.3, 0.4) is 0 Å². The number of aryl methyl sites for hydroxylation is 1. The van der Waals surface area contributed by atoms with Crippen LogP contribution in [-0.2, 0) is 38.0 Å². The van der Waals surface area contributed by atoms with Crippen LogP contribution in [0.5, 0.6) is 0 Å². The van der Waals surface area contributed by atoms with E-state index in [4.69, 9.17) is 12.4 Å². The Morgan fingerprint density at radius 3 is 2.50 bits per heavy atom. The van der Waals surface area contributed by atoms with Crippen molar-refractivity contribution in [2.24, 2.45) is 5.92 Å². The van der Waals surface area contributed by atoms with E-state index in [0.29, 0.717) is 6.42 Å². The summed E-state index contributed by atoms with van der Waals surface area (Å²) in [7, 11) is -0.0280. The van der Waals surface area contributed by atoms with Crippen LogP contribution in [0.25, 0.3) is 0 Å². The molecule has 1 aromatic heterocycles. The largest absolute Gasteiger partial charge is 0.552 e. The summed E-state index contributed by atoms with van der Waals surface area (Å²) < 4.78 is 16.3. The first-order valence-electron chi connectivity index (χ1n) is 13.4. The summed E-state index contributed by atoms with van der Waals surface area (Å²) in [5.41, 5.74) is -0.952. The fraction of sp³-hybridized carbons (Fsp3) is 0.444. The molecule has 13 nitrogen and oxygen atoms in total. The van der Waals surface area contributed by atoms with E-state index in [0.717, 1.165) is 5.56 Å². The van der Waals surface area contributed by atoms with Gasteiger partial charge in [-0.15, -0.1) is 0 Å². The monoisotopic (exact) mass is 693 g/mol. The summed E-state index contributed by atoms with van der Waals surface area (Å²) in [6.07, 6.45) is 4.04. The summed E-state index contributed by atoms with van der Waals surface area (Å²) in [5, 5.41) is 7.98. The van der Waals surface area contributed by atoms with Crippen molar-refractivity contribution in [2.75, 3.05) is 7.05 Å². The molecular formula is C27H33BIN5O8. The summed E-state index contributed by atoms with van der Waals surface area (Å²) in [6.45, 7) is 3.78. The molecule has 0 bridgehead atoms. The highest BCUT2D eigenvalue weighted by Gasteiger charge is 2.55. The second-order valence-corrected chi connectivity index (χ2v) is 10.7. The second kappa shape index (κ2) is 15.6. The van der Waals surface area contributed by atoms with Crippen molar-refractivity contribution in [1.29, 1.82) is 0 Å². The van der Waals surface area contributed by atoms with Crippen LogP contribution in [0.4, 0.5) is 0 Å². The third kappa shape index (κ3) is 9.21. The van der Waals surface area contributed by atoms with Gasteiger partial charge < -0.3 is 28.3 Å². The van der Waals surface area contributed by atoms with E-state index in [1.165, 1.54) is 48.6 Å². The first-order valence-corrected chi connectivity index (χ1v) is 14.3. The lowest BCUT2D eigenvalue weighted by Gasteiger charge is -2.38. The van der Waals surface area contributed by atoms with Crippen LogP contribution in [0.15, 0.2) is 48.9 Å². The van der Waals surface area contributed by atoms with Gasteiger partial charge in [-0.2, -0.15) is 0 Å². The van der Waals surface area contributed by atoms with Crippen molar-refractivity contribution in [3.8, 4) is 0 Å². The molecular weight excluding hydrogens is 660 g/mol. The lowest BCUT2D eigenvalue weighted by molar-refractivity contribution is -0.168. The summed E-state index contributed by atoms with van der Waals surface area (Å²) >= 11 is 1.36. The first kappa shape index (κ1) is 32.9. The van der Waals surface area contributed by atoms with Crippen molar-refractivity contribution in [3.05, 3.63) is 60.2 Å². The number of benzene rings is 1. The van der Waals surface area contributed by atoms with Gasteiger partial charge >= 0.3 is 13.1 Å². The Morgan fingerprint density at radius 2 is 1.88 bits per heavy atom. The molecule has 224 valence electrons. The van der Waals surface area contributed by atoms with Crippen molar-refractivity contribution < 1.29 is 36.3 Å². The highest BCUT2D eigenvalue weighted by Crippen LogP contribution is 2.31. The maximum absolute atomic E-state index is 13.7. The zero-order chi connectivity index (χ0) is 30.7. The van der Waals surface area contributed by atoms with E-state index in [9.17, 15) is 24.0 Å². The quantitative estimate of drug-likeness (QED) is 0.206. The van der Waals surface area contributed by atoms with Gasteiger partial charge in [0, 0.05) is 19.4 Å². The molecule has 1 aliphatic heterocycles. The van der Waals surface area contributed by atoms with Gasteiger partial charge in [-0.3, -0.25) is 24.2 Å². The molecule has 3 amide bonds. The van der Waals surface area contributed by atoms with Gasteiger partial charge in [-0.05, 0) is 30.7 Å². The van der Waals surface area contributed by atoms with Gasteiger partial charge in [-0.1, -0.05) is 44.2 Å². The summed E-state index contributed by atoms with van der Waals surface area (Å²) in [5.74, 6) is -4.38. The van der Waals surface area contributed by atoms with Gasteiger partial charge in [0.15, 0.2) is 28.6 Å². The van der Waals surface area contributed by atoms with E-state index in [1.54, 1.807) is 0 Å². The molecule has 1 aliphatic rings. The average Bonchev–Trinajstić information content (AvgIpc) is 2.98. The van der Waals surface area contributed by atoms with E-state index >= 15 is 0 Å². The molecule has 1 fully saturated rings. The van der Waals surface area contributed by atoms with Gasteiger partial charge in [0.25, 0.3) is 11.9 Å². The van der Waals surface area contributed by atoms with Crippen LogP contribution in [0, 0.1) is 5.92 Å². The molecule has 3 rings (SSSR count). The van der Waals surface area contributed by atoms with Crippen LogP contribution in [0.2, 0.25) is 0 Å². The number of carbonyl (C=O) groups excluding carboxylic acids is 5. The molecule has 1 aromatic carbocycles. The average molecular weight is 693 g/mol. The number of hydrogen-bond donors (Lipinski definition) is 3. The minimum atomic E-state index is -1.95. The lowest BCUT2D eigenvalue weighted by atomic mass is 9.70. The van der Waals surface area contributed by atoms with Gasteiger partial charge in [0.2, 0.25) is 11.8 Å². The van der Waals surface area contributed by atoms with Crippen molar-refractivity contribution in [2.45, 2.75) is 63.5 Å². The molecule has 3 atom stereocenters. The molecule has 3 N–H and O–H groups in total. The Bertz CT molecular complexity index is 1260. The Kier molecular flexibility index (Phi) is 12.2. The summed E-state index contributed by atoms with van der Waals surface area (Å²) in [4.78, 5) is 72.3. The second-order valence-electron chi connectivity index (χ2n) is 10.2. The molecule has 42 heavy (non-hydrogen) atoms. The van der Waals surface area contributed by atoms with Crippen LogP contribution in [0.1, 0.15) is 55.6 Å². The van der Waals surface area contributed by atoms with Gasteiger partial charge in [0.05, 0.1) is 25.0 Å². The fourth-order valence-corrected chi connectivity index (χ4v) is 4.87. The van der Waals surface area contributed by atoms with Crippen molar-refractivity contribution in [1.82, 2.24) is 25.9 Å². The molecule has 2 heterocycles. The molecule has 15 heteroatoms. The third-order valence-corrected chi connectivity index (χ3v) is 6.95. The van der Waals surface area contributed by atoms with Crippen molar-refractivity contribution in [3.63, 3.8) is 0 Å². The minimum Gasteiger partial charge on any atom is -0.508 e. The van der Waals surface area contributed by atoms with Gasteiger partial charge in [0.1, 0.15) is 11.7 Å². The minimum absolute atomic E-state index is 0.0126. The van der Waals surface area contributed by atoms with Crippen LogP contribution < -0.4 is 16.0 Å². The number of halogens is 1. The number of hydrogen-bond acceptors (Lipinski definition) is 10. The Hall–Kier alpha value is -3.60. The SMILES string of the molecule is CNC(=O)C[C@]1(C(=O)OI)CC(=O)OB([C@H](CC(C)C)NC(=O)[C@H](CCc2ccccc2)NC(=O)c2cnccn2)O1. The van der Waals surface area contributed by atoms with E-state index in [1.807, 2.05) is 44.2 Å². The molecule has 2 aromatic rings. The summed E-state index contributed by atoms with van der Waals surface area (Å²) in [6, 6.07) is 8.44. The maximum Gasteiger partial charge on any atom is 0.552 e. The Labute approximate surface area is 258 Å². The molecule has 0 aliphatic carbocycles. The maximum atomic E-state index is 13.7. The number of aromatic nitrogens is 2. The zero-order valence-electron chi connectivity index (χ0n) is 23.5. The molecule has 0 saturated carbocycles. The number of carbonyl (C=O) groups is 5. The van der Waals surface area contributed by atoms with Crippen LogP contribution in [-0.4, -0.2) is 71.4 Å². The zero-order valence-corrected chi connectivity index (χ0v) is 25.7. The van der Waals surface area contributed by atoms with Gasteiger partial charge in [-0.25, -0.2) is 9.78 Å². The highest BCUT2D eigenvalue weighted by atomic mass is 127. The number of nitrogens with one attached hydrogen (secondary N) is 3. The molecule has 0 spiro atoms. The van der Waals surface area contributed by atoms with Crippen molar-refractivity contribution >= 4 is 59.8 Å². The van der Waals surface area contributed by atoms with E-state index < -0.39 is 67.2 Å². The molecule has 0 radical (unpaired) electrons. The third-order valence-electron chi connectivity index (χ3n) is 6.55. The van der Waals surface area contributed by atoms with E-state index in [-0.39, 0.29) is 24.5 Å². The predicted octanol–water partition coefficient (Wildman–Crippen LogP) is 1.50. The molecule has 1 saturated heterocycles. The number of amides is 3. The lowest BCUT2D eigenvalue weighted by Crippen LogP contribution is -2.63. The molecule has 0 unspecified atom stereocenters. The Morgan fingerprint density at radius 1 is 1.14 bits per heavy atom. The Balaban J connectivity index is 1.87.